The summed E-state index contributed by atoms with van der Waals surface area (Å²) in [6, 6.07) is 4.80. The summed E-state index contributed by atoms with van der Waals surface area (Å²) in [5.41, 5.74) is 7.12. The van der Waals surface area contributed by atoms with Crippen molar-refractivity contribution in [3.8, 4) is 5.88 Å². The van der Waals surface area contributed by atoms with Crippen molar-refractivity contribution < 1.29 is 4.74 Å². The minimum atomic E-state index is 0.211. The third-order valence-corrected chi connectivity index (χ3v) is 4.28. The molecule has 0 bridgehead atoms. The Bertz CT molecular complexity index is 409. The van der Waals surface area contributed by atoms with Gasteiger partial charge in [0.15, 0.2) is 0 Å². The Hall–Kier alpha value is -1.17. The summed E-state index contributed by atoms with van der Waals surface area (Å²) in [5.74, 6) is 0.641. The van der Waals surface area contributed by atoms with Crippen LogP contribution in [-0.4, -0.2) is 61.7 Å². The summed E-state index contributed by atoms with van der Waals surface area (Å²) in [6.45, 7) is 2.85. The van der Waals surface area contributed by atoms with E-state index in [9.17, 15) is 0 Å². The minimum Gasteiger partial charge on any atom is -0.481 e. The van der Waals surface area contributed by atoms with Crippen molar-refractivity contribution >= 4 is 0 Å². The van der Waals surface area contributed by atoms with E-state index in [0.717, 1.165) is 12.1 Å². The molecule has 1 aromatic heterocycles. The second-order valence-electron chi connectivity index (χ2n) is 5.60. The summed E-state index contributed by atoms with van der Waals surface area (Å²) < 4.78 is 5.10. The van der Waals surface area contributed by atoms with E-state index < -0.39 is 0 Å². The number of likely N-dealkylation sites (N-methyl/N-ethyl adjacent to an activating group) is 2. The smallest absolute Gasteiger partial charge is 0.212 e. The van der Waals surface area contributed by atoms with Gasteiger partial charge in [0.2, 0.25) is 5.88 Å². The molecule has 5 nitrogen and oxygen atoms in total. The summed E-state index contributed by atoms with van der Waals surface area (Å²) in [5, 5.41) is 0. The molecule has 1 aliphatic heterocycles. The molecule has 0 aliphatic carbocycles. The van der Waals surface area contributed by atoms with Crippen molar-refractivity contribution in [2.24, 2.45) is 5.73 Å². The van der Waals surface area contributed by atoms with Gasteiger partial charge in [-0.25, -0.2) is 4.98 Å². The zero-order chi connectivity index (χ0) is 14.5. The van der Waals surface area contributed by atoms with E-state index in [4.69, 9.17) is 10.5 Å². The summed E-state index contributed by atoms with van der Waals surface area (Å²) in [4.78, 5) is 9.06. The predicted octanol–water partition coefficient (Wildman–Crippen LogP) is 1.12. The highest BCUT2D eigenvalue weighted by Crippen LogP contribution is 2.22. The number of pyridine rings is 1. The second-order valence-corrected chi connectivity index (χ2v) is 5.60. The number of nitrogens with two attached hydrogens (primary N) is 1. The molecular formula is C15H26N4O. The molecule has 0 amide bonds. The van der Waals surface area contributed by atoms with Gasteiger partial charge in [-0.2, -0.15) is 0 Å². The van der Waals surface area contributed by atoms with Crippen LogP contribution in [0.4, 0.5) is 0 Å². The van der Waals surface area contributed by atoms with Crippen LogP contribution < -0.4 is 10.5 Å². The van der Waals surface area contributed by atoms with Gasteiger partial charge in [0.1, 0.15) is 0 Å². The van der Waals surface area contributed by atoms with Gasteiger partial charge in [-0.1, -0.05) is 6.07 Å². The van der Waals surface area contributed by atoms with Gasteiger partial charge in [0, 0.05) is 37.4 Å². The Morgan fingerprint density at radius 2 is 2.35 bits per heavy atom. The first kappa shape index (κ1) is 15.2. The van der Waals surface area contributed by atoms with Crippen LogP contribution in [0.25, 0.3) is 0 Å². The molecule has 0 aromatic carbocycles. The first-order valence-electron chi connectivity index (χ1n) is 7.26. The van der Waals surface area contributed by atoms with E-state index in [2.05, 4.69) is 34.9 Å². The van der Waals surface area contributed by atoms with Crippen LogP contribution in [0.3, 0.4) is 0 Å². The molecule has 2 heterocycles. The highest BCUT2D eigenvalue weighted by atomic mass is 16.5. The van der Waals surface area contributed by atoms with Crippen LogP contribution in [0.5, 0.6) is 5.88 Å². The van der Waals surface area contributed by atoms with E-state index in [1.165, 1.54) is 19.4 Å². The largest absolute Gasteiger partial charge is 0.481 e. The topological polar surface area (TPSA) is 54.6 Å². The van der Waals surface area contributed by atoms with Crippen molar-refractivity contribution in [2.45, 2.75) is 24.9 Å². The van der Waals surface area contributed by atoms with Crippen LogP contribution in [-0.2, 0) is 0 Å². The van der Waals surface area contributed by atoms with Gasteiger partial charge in [-0.05, 0) is 39.0 Å². The molecule has 2 atom stereocenters. The van der Waals surface area contributed by atoms with Gasteiger partial charge < -0.3 is 15.4 Å². The van der Waals surface area contributed by atoms with Crippen LogP contribution in [0.1, 0.15) is 24.4 Å². The molecule has 112 valence electrons. The molecule has 0 saturated carbocycles. The summed E-state index contributed by atoms with van der Waals surface area (Å²) in [7, 11) is 5.98. The molecule has 2 rings (SSSR count). The van der Waals surface area contributed by atoms with Crippen molar-refractivity contribution in [3.63, 3.8) is 0 Å². The molecule has 1 saturated heterocycles. The zero-order valence-corrected chi connectivity index (χ0v) is 12.7. The van der Waals surface area contributed by atoms with Crippen LogP contribution in [0, 0.1) is 0 Å². The number of likely N-dealkylation sites (tertiary alicyclic amines) is 1. The molecule has 1 aliphatic rings. The Morgan fingerprint density at radius 1 is 1.55 bits per heavy atom. The maximum absolute atomic E-state index is 5.97. The minimum absolute atomic E-state index is 0.211. The molecule has 2 N–H and O–H groups in total. The lowest BCUT2D eigenvalue weighted by molar-refractivity contribution is 0.179. The van der Waals surface area contributed by atoms with Gasteiger partial charge in [-0.15, -0.1) is 0 Å². The van der Waals surface area contributed by atoms with Gasteiger partial charge in [-0.3, -0.25) is 4.90 Å². The van der Waals surface area contributed by atoms with E-state index in [-0.39, 0.29) is 6.04 Å². The molecule has 1 fully saturated rings. The molecular weight excluding hydrogens is 252 g/mol. The third kappa shape index (κ3) is 3.48. The maximum atomic E-state index is 5.97. The predicted molar refractivity (Wildman–Crippen MR) is 80.9 cm³/mol. The Kier molecular flexibility index (Phi) is 5.34. The number of aromatic nitrogens is 1. The fourth-order valence-corrected chi connectivity index (χ4v) is 2.95. The first-order valence-corrected chi connectivity index (χ1v) is 7.26. The molecule has 0 spiro atoms. The van der Waals surface area contributed by atoms with Crippen molar-refractivity contribution in [1.29, 1.82) is 0 Å². The molecule has 1 aromatic rings. The second kappa shape index (κ2) is 7.02. The quantitative estimate of drug-likeness (QED) is 0.845. The highest BCUT2D eigenvalue weighted by molar-refractivity contribution is 5.21. The highest BCUT2D eigenvalue weighted by Gasteiger charge is 2.25. The van der Waals surface area contributed by atoms with E-state index in [1.54, 1.807) is 7.11 Å². The van der Waals surface area contributed by atoms with Crippen molar-refractivity contribution in [1.82, 2.24) is 14.8 Å². The van der Waals surface area contributed by atoms with E-state index >= 15 is 0 Å². The molecule has 20 heavy (non-hydrogen) atoms. The van der Waals surface area contributed by atoms with Crippen LogP contribution in [0.15, 0.2) is 18.3 Å². The Morgan fingerprint density at radius 3 is 2.85 bits per heavy atom. The monoisotopic (exact) mass is 278 g/mol. The van der Waals surface area contributed by atoms with Crippen molar-refractivity contribution in [3.05, 3.63) is 23.9 Å². The number of rotatable bonds is 6. The van der Waals surface area contributed by atoms with Gasteiger partial charge >= 0.3 is 0 Å². The van der Waals surface area contributed by atoms with Crippen LogP contribution in [0.2, 0.25) is 0 Å². The average Bonchev–Trinajstić information content (AvgIpc) is 2.86. The molecule has 5 heteroatoms. The zero-order valence-electron chi connectivity index (χ0n) is 12.7. The maximum Gasteiger partial charge on any atom is 0.212 e. The van der Waals surface area contributed by atoms with Gasteiger partial charge in [0.05, 0.1) is 7.11 Å². The number of hydrogen-bond donors (Lipinski definition) is 1. The summed E-state index contributed by atoms with van der Waals surface area (Å²) in [6.07, 6.45) is 4.44. The number of nitrogens with zero attached hydrogens (tertiary/aromatic N) is 3. The normalized spacial score (nSPS) is 21.4. The fraction of sp³-hybridized carbons (Fsp3) is 0.667. The van der Waals surface area contributed by atoms with Crippen molar-refractivity contribution in [2.75, 3.05) is 40.8 Å². The lowest BCUT2D eigenvalue weighted by Crippen LogP contribution is -2.40. The lowest BCUT2D eigenvalue weighted by atomic mass is 10.1. The average molecular weight is 278 g/mol. The number of hydrogen-bond acceptors (Lipinski definition) is 5. The van der Waals surface area contributed by atoms with E-state index in [1.807, 2.05) is 12.3 Å². The SMILES string of the molecule is COc1ccc(C(CN)N(C)CC2CCCN2C)cn1. The fourth-order valence-electron chi connectivity index (χ4n) is 2.95. The molecule has 2 unspecified atom stereocenters. The standard InChI is InChI=1S/C15H26N4O/c1-18-8-4-5-13(18)11-19(2)14(9-16)12-6-7-15(20-3)17-10-12/h6-7,10,13-14H,4-5,8-9,11,16H2,1-3H3. The van der Waals surface area contributed by atoms with Crippen LogP contribution >= 0.6 is 0 Å². The Labute approximate surface area is 121 Å². The summed E-state index contributed by atoms with van der Waals surface area (Å²) >= 11 is 0. The van der Waals surface area contributed by atoms with Gasteiger partial charge in [0.25, 0.3) is 0 Å². The van der Waals surface area contributed by atoms with E-state index in [0.29, 0.717) is 18.5 Å². The molecule has 0 radical (unpaired) electrons. The number of ether oxygens (including phenoxy) is 1. The third-order valence-electron chi connectivity index (χ3n) is 4.28. The lowest BCUT2D eigenvalue weighted by Gasteiger charge is -2.31. The first-order chi connectivity index (χ1) is 9.65. The Balaban J connectivity index is 2.02. The number of methoxy groups -OCH3 is 1.